The number of hydrogen-bond donors (Lipinski definition) is 3. The first-order chi connectivity index (χ1) is 7.67. The zero-order valence-corrected chi connectivity index (χ0v) is 9.79. The molecule has 2 atom stereocenters. The third-order valence-corrected chi connectivity index (χ3v) is 2.85. The number of rotatable bonds is 6. The first kappa shape index (κ1) is 13.0. The van der Waals surface area contributed by atoms with Crippen LogP contribution in [0.3, 0.4) is 0 Å². The second kappa shape index (κ2) is 6.48. The molecule has 2 amide bonds. The van der Waals surface area contributed by atoms with Gasteiger partial charge in [-0.3, -0.25) is 9.59 Å². The Hall–Kier alpha value is -1.10. The average Bonchev–Trinajstić information content (AvgIpc) is 2.70. The molecule has 1 heterocycles. The molecule has 0 bridgehead atoms. The monoisotopic (exact) mass is 227 g/mol. The normalized spacial score (nSPS) is 21.6. The highest BCUT2D eigenvalue weighted by molar-refractivity contribution is 5.90. The number of carbonyl (C=O) groups is 2. The van der Waals surface area contributed by atoms with Crippen LogP contribution in [0.1, 0.15) is 39.0 Å². The highest BCUT2D eigenvalue weighted by atomic mass is 16.2. The standard InChI is InChI=1S/C11H21N3O2/c1-2-3-4-8(7-12)13-11(16)9-5-6-10(15)14-9/h8-9H,2-7,12H2,1H3,(H,13,16)(H,14,15)/t8?,9-/m1/s1. The highest BCUT2D eigenvalue weighted by Crippen LogP contribution is 2.07. The van der Waals surface area contributed by atoms with Gasteiger partial charge in [0.05, 0.1) is 0 Å². The van der Waals surface area contributed by atoms with Gasteiger partial charge < -0.3 is 16.4 Å². The van der Waals surface area contributed by atoms with Crippen molar-refractivity contribution in [1.82, 2.24) is 10.6 Å². The molecule has 16 heavy (non-hydrogen) atoms. The molecular formula is C11H21N3O2. The maximum atomic E-state index is 11.7. The molecule has 0 radical (unpaired) electrons. The maximum Gasteiger partial charge on any atom is 0.242 e. The molecule has 1 aliphatic rings. The van der Waals surface area contributed by atoms with E-state index in [-0.39, 0.29) is 23.9 Å². The Morgan fingerprint density at radius 3 is 2.94 bits per heavy atom. The lowest BCUT2D eigenvalue weighted by Crippen LogP contribution is -2.48. The number of hydrogen-bond acceptors (Lipinski definition) is 3. The molecule has 1 aliphatic heterocycles. The number of amides is 2. The molecule has 5 heteroatoms. The summed E-state index contributed by atoms with van der Waals surface area (Å²) in [6.45, 7) is 2.55. The zero-order valence-electron chi connectivity index (χ0n) is 9.79. The van der Waals surface area contributed by atoms with Crippen molar-refractivity contribution in [2.75, 3.05) is 6.54 Å². The van der Waals surface area contributed by atoms with Crippen molar-refractivity contribution < 1.29 is 9.59 Å². The zero-order chi connectivity index (χ0) is 12.0. The number of carbonyl (C=O) groups excluding carboxylic acids is 2. The van der Waals surface area contributed by atoms with Crippen molar-refractivity contribution in [3.63, 3.8) is 0 Å². The summed E-state index contributed by atoms with van der Waals surface area (Å²) >= 11 is 0. The summed E-state index contributed by atoms with van der Waals surface area (Å²) in [5.41, 5.74) is 5.59. The van der Waals surface area contributed by atoms with Crippen LogP contribution < -0.4 is 16.4 Å². The lowest BCUT2D eigenvalue weighted by atomic mass is 10.1. The van der Waals surface area contributed by atoms with Crippen LogP contribution in [0.25, 0.3) is 0 Å². The molecule has 0 aromatic carbocycles. The summed E-state index contributed by atoms with van der Waals surface area (Å²) in [7, 11) is 0. The van der Waals surface area contributed by atoms with E-state index >= 15 is 0 Å². The van der Waals surface area contributed by atoms with Crippen molar-refractivity contribution in [2.45, 2.75) is 51.1 Å². The fourth-order valence-corrected chi connectivity index (χ4v) is 1.81. The van der Waals surface area contributed by atoms with Crippen LogP contribution in [0, 0.1) is 0 Å². The van der Waals surface area contributed by atoms with Crippen LogP contribution >= 0.6 is 0 Å². The SMILES string of the molecule is CCCCC(CN)NC(=O)[C@H]1CCC(=O)N1. The van der Waals surface area contributed by atoms with Gasteiger partial charge in [0.15, 0.2) is 0 Å². The summed E-state index contributed by atoms with van der Waals surface area (Å²) in [5.74, 6) is -0.143. The van der Waals surface area contributed by atoms with E-state index in [0.29, 0.717) is 19.4 Å². The fraction of sp³-hybridized carbons (Fsp3) is 0.818. The van der Waals surface area contributed by atoms with E-state index in [1.165, 1.54) is 0 Å². The van der Waals surface area contributed by atoms with Crippen molar-refractivity contribution >= 4 is 11.8 Å². The average molecular weight is 227 g/mol. The number of nitrogens with one attached hydrogen (secondary N) is 2. The van der Waals surface area contributed by atoms with Crippen LogP contribution in [0.15, 0.2) is 0 Å². The van der Waals surface area contributed by atoms with E-state index in [4.69, 9.17) is 5.73 Å². The molecule has 92 valence electrons. The molecule has 1 saturated heterocycles. The van der Waals surface area contributed by atoms with Gasteiger partial charge in [0.2, 0.25) is 11.8 Å². The molecule has 0 aromatic heterocycles. The van der Waals surface area contributed by atoms with Crippen LogP contribution in [0.5, 0.6) is 0 Å². The van der Waals surface area contributed by atoms with Gasteiger partial charge in [0.25, 0.3) is 0 Å². The first-order valence-corrected chi connectivity index (χ1v) is 5.97. The molecule has 1 unspecified atom stereocenters. The van der Waals surface area contributed by atoms with Gasteiger partial charge >= 0.3 is 0 Å². The molecule has 0 aromatic rings. The molecule has 0 aliphatic carbocycles. The Bertz CT molecular complexity index is 256. The second-order valence-corrected chi connectivity index (χ2v) is 4.24. The van der Waals surface area contributed by atoms with Gasteiger partial charge in [0, 0.05) is 19.0 Å². The van der Waals surface area contributed by atoms with Crippen molar-refractivity contribution in [1.29, 1.82) is 0 Å². The molecular weight excluding hydrogens is 206 g/mol. The fourth-order valence-electron chi connectivity index (χ4n) is 1.81. The lowest BCUT2D eigenvalue weighted by molar-refractivity contribution is -0.126. The third-order valence-electron chi connectivity index (χ3n) is 2.85. The summed E-state index contributed by atoms with van der Waals surface area (Å²) in [6.07, 6.45) is 4.08. The minimum atomic E-state index is -0.358. The van der Waals surface area contributed by atoms with E-state index in [1.807, 2.05) is 0 Å². The summed E-state index contributed by atoms with van der Waals surface area (Å²) < 4.78 is 0. The summed E-state index contributed by atoms with van der Waals surface area (Å²) in [6, 6.07) is -0.326. The van der Waals surface area contributed by atoms with Gasteiger partial charge in [-0.15, -0.1) is 0 Å². The lowest BCUT2D eigenvalue weighted by Gasteiger charge is -2.19. The third kappa shape index (κ3) is 3.81. The summed E-state index contributed by atoms with van der Waals surface area (Å²) in [5, 5.41) is 5.53. The van der Waals surface area contributed by atoms with E-state index in [2.05, 4.69) is 17.6 Å². The first-order valence-electron chi connectivity index (χ1n) is 5.97. The smallest absolute Gasteiger partial charge is 0.242 e. The number of nitrogens with two attached hydrogens (primary N) is 1. The topological polar surface area (TPSA) is 84.2 Å². The Morgan fingerprint density at radius 2 is 2.44 bits per heavy atom. The van der Waals surface area contributed by atoms with E-state index in [9.17, 15) is 9.59 Å². The predicted octanol–water partition coefficient (Wildman–Crippen LogP) is -0.101. The summed E-state index contributed by atoms with van der Waals surface area (Å²) in [4.78, 5) is 22.7. The van der Waals surface area contributed by atoms with Crippen LogP contribution in [-0.4, -0.2) is 30.4 Å². The Balaban J connectivity index is 2.33. The molecule has 5 nitrogen and oxygen atoms in total. The van der Waals surface area contributed by atoms with E-state index < -0.39 is 0 Å². The molecule has 1 rings (SSSR count). The van der Waals surface area contributed by atoms with Crippen LogP contribution in [0.4, 0.5) is 0 Å². The minimum Gasteiger partial charge on any atom is -0.350 e. The largest absolute Gasteiger partial charge is 0.350 e. The van der Waals surface area contributed by atoms with E-state index in [0.717, 1.165) is 19.3 Å². The quantitative estimate of drug-likeness (QED) is 0.592. The molecule has 1 fully saturated rings. The maximum absolute atomic E-state index is 11.7. The van der Waals surface area contributed by atoms with Crippen molar-refractivity contribution in [3.05, 3.63) is 0 Å². The minimum absolute atomic E-state index is 0.0324. The van der Waals surface area contributed by atoms with Crippen molar-refractivity contribution in [3.8, 4) is 0 Å². The van der Waals surface area contributed by atoms with Gasteiger partial charge in [-0.25, -0.2) is 0 Å². The number of unbranched alkanes of at least 4 members (excludes halogenated alkanes) is 1. The molecule has 0 spiro atoms. The van der Waals surface area contributed by atoms with Crippen molar-refractivity contribution in [2.24, 2.45) is 5.73 Å². The van der Waals surface area contributed by atoms with Crippen LogP contribution in [-0.2, 0) is 9.59 Å². The second-order valence-electron chi connectivity index (χ2n) is 4.24. The Labute approximate surface area is 96.1 Å². The Morgan fingerprint density at radius 1 is 1.69 bits per heavy atom. The van der Waals surface area contributed by atoms with Gasteiger partial charge in [-0.2, -0.15) is 0 Å². The Kier molecular flexibility index (Phi) is 5.25. The van der Waals surface area contributed by atoms with Gasteiger partial charge in [-0.1, -0.05) is 19.8 Å². The van der Waals surface area contributed by atoms with Gasteiger partial charge in [0.1, 0.15) is 6.04 Å². The van der Waals surface area contributed by atoms with E-state index in [1.54, 1.807) is 0 Å². The highest BCUT2D eigenvalue weighted by Gasteiger charge is 2.27. The molecule has 4 N–H and O–H groups in total. The van der Waals surface area contributed by atoms with Gasteiger partial charge in [-0.05, 0) is 12.8 Å². The predicted molar refractivity (Wildman–Crippen MR) is 61.7 cm³/mol. The van der Waals surface area contributed by atoms with Crippen LogP contribution in [0.2, 0.25) is 0 Å². The molecule has 0 saturated carbocycles.